The summed E-state index contributed by atoms with van der Waals surface area (Å²) in [5.41, 5.74) is -0.936. The second kappa shape index (κ2) is 8.28. The Balaban J connectivity index is 1.66. The van der Waals surface area contributed by atoms with E-state index >= 15 is 0 Å². The van der Waals surface area contributed by atoms with Crippen LogP contribution in [0.1, 0.15) is 50.3 Å². The summed E-state index contributed by atoms with van der Waals surface area (Å²) in [6.45, 7) is 3.13. The number of amides is 1. The highest BCUT2D eigenvalue weighted by Crippen LogP contribution is 2.32. The number of hydrogen-bond donors (Lipinski definition) is 1. The van der Waals surface area contributed by atoms with Crippen molar-refractivity contribution in [2.75, 3.05) is 19.7 Å². The van der Waals surface area contributed by atoms with Gasteiger partial charge in [0, 0.05) is 18.0 Å². The van der Waals surface area contributed by atoms with Crippen LogP contribution in [0, 0.1) is 0 Å². The van der Waals surface area contributed by atoms with Crippen molar-refractivity contribution < 1.29 is 22.7 Å². The quantitative estimate of drug-likeness (QED) is 0.690. The molecule has 1 aromatic rings. The lowest BCUT2D eigenvalue weighted by atomic mass is 9.97. The molecular formula is C18H26N2O5S2. The van der Waals surface area contributed by atoms with Crippen molar-refractivity contribution in [3.05, 3.63) is 17.0 Å². The summed E-state index contributed by atoms with van der Waals surface area (Å²) in [5, 5.41) is 2.86. The summed E-state index contributed by atoms with van der Waals surface area (Å²) in [6.07, 6.45) is 4.73. The van der Waals surface area contributed by atoms with Gasteiger partial charge in [0.05, 0.1) is 13.0 Å². The molecule has 0 radical (unpaired) electrons. The number of nitrogens with one attached hydrogen (secondary N) is 1. The summed E-state index contributed by atoms with van der Waals surface area (Å²) < 4.78 is 32.1. The van der Waals surface area contributed by atoms with Crippen LogP contribution >= 0.6 is 11.3 Å². The van der Waals surface area contributed by atoms with Gasteiger partial charge in [-0.25, -0.2) is 13.2 Å². The van der Waals surface area contributed by atoms with Crippen LogP contribution in [-0.4, -0.2) is 49.8 Å². The Bertz CT molecular complexity index is 790. The molecule has 0 spiro atoms. The third-order valence-electron chi connectivity index (χ3n) is 5.13. The molecule has 1 aliphatic carbocycles. The van der Waals surface area contributed by atoms with Crippen molar-refractivity contribution >= 4 is 33.2 Å². The van der Waals surface area contributed by atoms with E-state index in [-0.39, 0.29) is 29.1 Å². The molecule has 9 heteroatoms. The van der Waals surface area contributed by atoms with Gasteiger partial charge in [-0.3, -0.25) is 4.79 Å². The lowest BCUT2D eigenvalue weighted by Gasteiger charge is -2.27. The van der Waals surface area contributed by atoms with Crippen molar-refractivity contribution in [3.8, 4) is 0 Å². The van der Waals surface area contributed by atoms with E-state index in [9.17, 15) is 18.0 Å². The van der Waals surface area contributed by atoms with E-state index in [1.807, 2.05) is 0 Å². The second-order valence-electron chi connectivity index (χ2n) is 7.07. The van der Waals surface area contributed by atoms with Gasteiger partial charge in [-0.05, 0) is 44.7 Å². The highest BCUT2D eigenvalue weighted by atomic mass is 32.2. The van der Waals surface area contributed by atoms with Gasteiger partial charge in [0.2, 0.25) is 5.91 Å². The number of nitrogens with zero attached hydrogens (tertiary/aromatic N) is 1. The van der Waals surface area contributed by atoms with Crippen molar-refractivity contribution in [2.24, 2.45) is 0 Å². The van der Waals surface area contributed by atoms with Gasteiger partial charge >= 0.3 is 5.97 Å². The molecular weight excluding hydrogens is 388 g/mol. The fourth-order valence-corrected chi connectivity index (χ4v) is 6.77. The highest BCUT2D eigenvalue weighted by molar-refractivity contribution is 7.91. The highest BCUT2D eigenvalue weighted by Gasteiger charge is 2.43. The van der Waals surface area contributed by atoms with Gasteiger partial charge in [-0.2, -0.15) is 4.31 Å². The normalized spacial score (nSPS) is 19.9. The van der Waals surface area contributed by atoms with Crippen LogP contribution in [0.2, 0.25) is 0 Å². The van der Waals surface area contributed by atoms with E-state index < -0.39 is 15.6 Å². The van der Waals surface area contributed by atoms with Crippen LogP contribution in [-0.2, 0) is 30.8 Å². The molecule has 27 heavy (non-hydrogen) atoms. The zero-order valence-corrected chi connectivity index (χ0v) is 17.2. The first-order valence-corrected chi connectivity index (χ1v) is 11.7. The van der Waals surface area contributed by atoms with E-state index in [1.54, 1.807) is 19.1 Å². The molecule has 1 N–H and O–H groups in total. The smallest absolute Gasteiger partial charge is 0.331 e. The predicted octanol–water partition coefficient (Wildman–Crippen LogP) is 2.07. The molecule has 7 nitrogen and oxygen atoms in total. The molecule has 2 heterocycles. The Morgan fingerprint density at radius 2 is 1.85 bits per heavy atom. The lowest BCUT2D eigenvalue weighted by Crippen LogP contribution is -2.53. The molecule has 2 aliphatic rings. The Morgan fingerprint density at radius 3 is 2.48 bits per heavy atom. The van der Waals surface area contributed by atoms with Crippen LogP contribution in [0.25, 0.3) is 0 Å². The molecule has 2 fully saturated rings. The van der Waals surface area contributed by atoms with Crippen LogP contribution in [0.4, 0.5) is 0 Å². The SMILES string of the molecule is CCOC(=O)C1(NC(=O)Cc2ccc(S(=O)(=O)N3CCCC3)s2)CCCC1. The molecule has 0 atom stereocenters. The third-order valence-corrected chi connectivity index (χ3v) is 8.58. The first-order chi connectivity index (χ1) is 12.9. The summed E-state index contributed by atoms with van der Waals surface area (Å²) in [5.74, 6) is -0.656. The predicted molar refractivity (Wildman–Crippen MR) is 102 cm³/mol. The third kappa shape index (κ3) is 4.35. The molecule has 3 rings (SSSR count). The monoisotopic (exact) mass is 414 g/mol. The maximum absolute atomic E-state index is 12.6. The van der Waals surface area contributed by atoms with Gasteiger partial charge in [0.25, 0.3) is 10.0 Å². The van der Waals surface area contributed by atoms with Gasteiger partial charge in [-0.1, -0.05) is 12.8 Å². The molecule has 0 bridgehead atoms. The Hall–Kier alpha value is -1.45. The van der Waals surface area contributed by atoms with Gasteiger partial charge in [0.15, 0.2) is 0 Å². The van der Waals surface area contributed by atoms with E-state index in [2.05, 4.69) is 5.32 Å². The van der Waals surface area contributed by atoms with Gasteiger partial charge < -0.3 is 10.1 Å². The van der Waals surface area contributed by atoms with E-state index in [0.717, 1.165) is 37.0 Å². The molecule has 1 saturated heterocycles. The van der Waals surface area contributed by atoms with E-state index in [1.165, 1.54) is 4.31 Å². The Morgan fingerprint density at radius 1 is 1.19 bits per heavy atom. The standard InChI is InChI=1S/C18H26N2O5S2/c1-2-25-17(22)18(9-3-4-10-18)19-15(21)13-14-7-8-16(26-14)27(23,24)20-11-5-6-12-20/h7-8H,2-6,9-13H2,1H3,(H,19,21). The number of hydrogen-bond acceptors (Lipinski definition) is 6. The summed E-state index contributed by atoms with van der Waals surface area (Å²) in [6, 6.07) is 3.25. The maximum Gasteiger partial charge on any atom is 0.331 e. The lowest BCUT2D eigenvalue weighted by molar-refractivity contribution is -0.153. The fraction of sp³-hybridized carbons (Fsp3) is 0.667. The van der Waals surface area contributed by atoms with Crippen molar-refractivity contribution in [2.45, 2.75) is 61.6 Å². The first-order valence-electron chi connectivity index (χ1n) is 9.44. The fourth-order valence-electron chi connectivity index (χ4n) is 3.74. The summed E-state index contributed by atoms with van der Waals surface area (Å²) in [4.78, 5) is 25.5. The Kier molecular flexibility index (Phi) is 6.22. The van der Waals surface area contributed by atoms with Crippen molar-refractivity contribution in [1.82, 2.24) is 9.62 Å². The summed E-state index contributed by atoms with van der Waals surface area (Å²) >= 11 is 1.12. The molecule has 0 unspecified atom stereocenters. The topological polar surface area (TPSA) is 92.8 Å². The van der Waals surface area contributed by atoms with Crippen LogP contribution in [0.15, 0.2) is 16.3 Å². The molecule has 1 amide bonds. The van der Waals surface area contributed by atoms with E-state index in [4.69, 9.17) is 4.74 Å². The zero-order chi connectivity index (χ0) is 19.5. The first kappa shape index (κ1) is 20.3. The average Bonchev–Trinajstić information content (AvgIpc) is 3.37. The second-order valence-corrected chi connectivity index (χ2v) is 10.4. The summed E-state index contributed by atoms with van der Waals surface area (Å²) in [7, 11) is -3.46. The number of rotatable bonds is 7. The van der Waals surface area contributed by atoms with Crippen molar-refractivity contribution in [3.63, 3.8) is 0 Å². The number of thiophene rings is 1. The minimum Gasteiger partial charge on any atom is -0.464 e. The largest absolute Gasteiger partial charge is 0.464 e. The average molecular weight is 415 g/mol. The molecule has 1 saturated carbocycles. The van der Waals surface area contributed by atoms with Gasteiger partial charge in [0.1, 0.15) is 9.75 Å². The van der Waals surface area contributed by atoms with Gasteiger partial charge in [-0.15, -0.1) is 11.3 Å². The number of carbonyl (C=O) groups excluding carboxylic acids is 2. The maximum atomic E-state index is 12.6. The molecule has 1 aromatic heterocycles. The van der Waals surface area contributed by atoms with Crippen LogP contribution in [0.3, 0.4) is 0 Å². The van der Waals surface area contributed by atoms with Crippen LogP contribution in [0.5, 0.6) is 0 Å². The molecule has 1 aliphatic heterocycles. The van der Waals surface area contributed by atoms with Crippen LogP contribution < -0.4 is 5.32 Å². The number of ether oxygens (including phenoxy) is 1. The molecule has 150 valence electrons. The molecule has 0 aromatic carbocycles. The Labute approximate surface area is 164 Å². The van der Waals surface area contributed by atoms with Crippen molar-refractivity contribution in [1.29, 1.82) is 0 Å². The number of carbonyl (C=O) groups is 2. The number of esters is 1. The minimum atomic E-state index is -3.46. The van der Waals surface area contributed by atoms with E-state index in [0.29, 0.717) is 30.8 Å². The zero-order valence-electron chi connectivity index (χ0n) is 15.5. The number of sulfonamides is 1. The minimum absolute atomic E-state index is 0.0569.